The van der Waals surface area contributed by atoms with Gasteiger partial charge in [-0.05, 0) is 37.5 Å². The number of rotatable bonds is 73. The molecule has 93 heavy (non-hydrogen) atoms. The van der Waals surface area contributed by atoms with Crippen LogP contribution in [0.5, 0.6) is 0 Å². The Morgan fingerprint density at radius 2 is 0.495 bits per heavy atom. The number of phosphoric ester groups is 2. The lowest BCUT2D eigenvalue weighted by molar-refractivity contribution is -0.161. The van der Waals surface area contributed by atoms with Crippen LogP contribution in [-0.4, -0.2) is 96.7 Å². The highest BCUT2D eigenvalue weighted by atomic mass is 31.2. The number of aliphatic hydroxyl groups is 1. The molecule has 5 atom stereocenters. The number of hydrogen-bond acceptors (Lipinski definition) is 15. The average molecular weight is 1370 g/mol. The second-order valence-electron chi connectivity index (χ2n) is 27.6. The molecule has 0 saturated carbocycles. The van der Waals surface area contributed by atoms with Crippen molar-refractivity contribution in [1.29, 1.82) is 0 Å². The third-order valence-electron chi connectivity index (χ3n) is 17.2. The van der Waals surface area contributed by atoms with Crippen molar-refractivity contribution >= 4 is 39.5 Å². The maximum Gasteiger partial charge on any atom is 0.472 e. The van der Waals surface area contributed by atoms with Gasteiger partial charge in [-0.25, -0.2) is 9.13 Å². The van der Waals surface area contributed by atoms with Crippen molar-refractivity contribution in [3.8, 4) is 0 Å². The van der Waals surface area contributed by atoms with E-state index in [-0.39, 0.29) is 25.7 Å². The van der Waals surface area contributed by atoms with Gasteiger partial charge in [0, 0.05) is 25.7 Å². The molecule has 0 spiro atoms. The lowest BCUT2D eigenvalue weighted by Gasteiger charge is -2.21. The second kappa shape index (κ2) is 66.0. The molecule has 552 valence electrons. The van der Waals surface area contributed by atoms with Crippen LogP contribution in [0, 0.1) is 11.8 Å². The van der Waals surface area contributed by atoms with E-state index in [1.165, 1.54) is 193 Å². The van der Waals surface area contributed by atoms with Crippen LogP contribution in [-0.2, 0) is 65.4 Å². The second-order valence-corrected chi connectivity index (χ2v) is 30.5. The first-order chi connectivity index (χ1) is 44.9. The fraction of sp³-hybridized carbons (Fsp3) is 0.946. The molecule has 0 fully saturated rings. The summed E-state index contributed by atoms with van der Waals surface area (Å²) in [6.07, 6.45) is 52.8. The van der Waals surface area contributed by atoms with Crippen LogP contribution in [0.25, 0.3) is 0 Å². The topological polar surface area (TPSA) is 237 Å². The molecule has 0 heterocycles. The number of unbranched alkanes of at least 4 members (excludes halogenated alkanes) is 43. The van der Waals surface area contributed by atoms with E-state index in [1.54, 1.807) is 0 Å². The van der Waals surface area contributed by atoms with E-state index in [2.05, 4.69) is 41.5 Å². The van der Waals surface area contributed by atoms with Crippen LogP contribution in [0.2, 0.25) is 0 Å². The van der Waals surface area contributed by atoms with Gasteiger partial charge < -0.3 is 33.8 Å². The number of esters is 4. The van der Waals surface area contributed by atoms with E-state index in [0.29, 0.717) is 31.6 Å². The summed E-state index contributed by atoms with van der Waals surface area (Å²) in [5.74, 6) is -0.630. The van der Waals surface area contributed by atoms with Crippen LogP contribution < -0.4 is 0 Å². The van der Waals surface area contributed by atoms with Crippen molar-refractivity contribution in [2.75, 3.05) is 39.6 Å². The minimum atomic E-state index is -4.95. The number of aliphatic hydroxyl groups excluding tert-OH is 1. The Morgan fingerprint density at radius 3 is 0.731 bits per heavy atom. The fourth-order valence-electron chi connectivity index (χ4n) is 11.3. The molecule has 0 aliphatic carbocycles. The van der Waals surface area contributed by atoms with Crippen molar-refractivity contribution < 1.29 is 80.2 Å². The standard InChI is InChI=1S/C74H144O17P2/c1-7-9-11-13-15-17-19-20-26-30-33-37-44-50-56-71(76)84-62-69(90-74(79)59-53-47-39-35-31-27-24-22-21-23-25-29-32-36-42-48-54-66(3)4)64-88-92(80,81)86-60-68(75)61-87-93(82,83)89-65-70(63-85-72(77)57-51-45-41-40-43-49-55-67(5)6)91-73(78)58-52-46-38-34-28-18-16-14-12-10-8-2/h66-70,75H,7-65H2,1-6H3,(H,80,81)(H,82,83)/t68-,69-,70-/m1/s1. The normalized spacial score (nSPS) is 14.1. The molecule has 0 saturated heterocycles. The molecule has 2 unspecified atom stereocenters. The monoisotopic (exact) mass is 1370 g/mol. The van der Waals surface area contributed by atoms with Crippen molar-refractivity contribution in [1.82, 2.24) is 0 Å². The highest BCUT2D eigenvalue weighted by Crippen LogP contribution is 2.45. The van der Waals surface area contributed by atoms with Gasteiger partial charge >= 0.3 is 39.5 Å². The molecule has 0 aliphatic heterocycles. The number of hydrogen-bond donors (Lipinski definition) is 3. The molecule has 0 aromatic heterocycles. The minimum absolute atomic E-state index is 0.106. The lowest BCUT2D eigenvalue weighted by Crippen LogP contribution is -2.30. The van der Waals surface area contributed by atoms with Gasteiger partial charge in [0.15, 0.2) is 12.2 Å². The molecular formula is C74H144O17P2. The van der Waals surface area contributed by atoms with Crippen molar-refractivity contribution in [2.24, 2.45) is 11.8 Å². The largest absolute Gasteiger partial charge is 0.472 e. The Morgan fingerprint density at radius 1 is 0.290 bits per heavy atom. The van der Waals surface area contributed by atoms with Gasteiger partial charge in [0.1, 0.15) is 19.3 Å². The molecule has 19 heteroatoms. The van der Waals surface area contributed by atoms with E-state index in [9.17, 15) is 43.2 Å². The van der Waals surface area contributed by atoms with Crippen LogP contribution in [0.15, 0.2) is 0 Å². The molecule has 0 aliphatic rings. The fourth-order valence-corrected chi connectivity index (χ4v) is 12.9. The van der Waals surface area contributed by atoms with Gasteiger partial charge in [-0.3, -0.25) is 37.3 Å². The van der Waals surface area contributed by atoms with Crippen molar-refractivity contribution in [2.45, 2.75) is 400 Å². The van der Waals surface area contributed by atoms with Gasteiger partial charge in [-0.15, -0.1) is 0 Å². The van der Waals surface area contributed by atoms with E-state index in [1.807, 2.05) is 0 Å². The Bertz CT molecular complexity index is 1800. The first kappa shape index (κ1) is 91.1. The Kier molecular flexibility index (Phi) is 64.6. The zero-order chi connectivity index (χ0) is 68.6. The number of ether oxygens (including phenoxy) is 4. The number of carbonyl (C=O) groups is 4. The summed E-state index contributed by atoms with van der Waals surface area (Å²) in [6.45, 7) is 9.53. The Labute approximate surface area is 568 Å². The van der Waals surface area contributed by atoms with Crippen LogP contribution in [0.3, 0.4) is 0 Å². The molecule has 0 aromatic rings. The zero-order valence-electron chi connectivity index (χ0n) is 60.6. The quantitative estimate of drug-likeness (QED) is 0.0222. The first-order valence-electron chi connectivity index (χ1n) is 38.5. The molecule has 0 amide bonds. The van der Waals surface area contributed by atoms with Gasteiger partial charge in [0.25, 0.3) is 0 Å². The number of carbonyl (C=O) groups excluding carboxylic acids is 4. The maximum atomic E-state index is 13.1. The van der Waals surface area contributed by atoms with Crippen molar-refractivity contribution in [3.63, 3.8) is 0 Å². The summed E-state index contributed by atoms with van der Waals surface area (Å²) in [4.78, 5) is 72.6. The molecule has 0 radical (unpaired) electrons. The third-order valence-corrected chi connectivity index (χ3v) is 19.1. The summed E-state index contributed by atoms with van der Waals surface area (Å²) < 4.78 is 68.4. The Hall–Kier alpha value is -1.94. The SMILES string of the molecule is CCCCCCCCCCCCCCCCC(=O)OC[C@H](COP(=O)(O)OC[C@@H](O)COP(=O)(O)OC[C@@H](COC(=O)CCCCCCCCC(C)C)OC(=O)CCCCCCCCCCCCC)OC(=O)CCCCCCCCCCCCCCCCCCC(C)C. The van der Waals surface area contributed by atoms with Crippen LogP contribution in [0.4, 0.5) is 0 Å². The highest BCUT2D eigenvalue weighted by molar-refractivity contribution is 7.47. The zero-order valence-corrected chi connectivity index (χ0v) is 62.3. The summed E-state index contributed by atoms with van der Waals surface area (Å²) >= 11 is 0. The maximum absolute atomic E-state index is 13.1. The lowest BCUT2D eigenvalue weighted by atomic mass is 10.0. The molecular weight excluding hydrogens is 1220 g/mol. The van der Waals surface area contributed by atoms with E-state index < -0.39 is 97.5 Å². The predicted octanol–water partition coefficient (Wildman–Crippen LogP) is 21.6. The van der Waals surface area contributed by atoms with E-state index >= 15 is 0 Å². The van der Waals surface area contributed by atoms with Gasteiger partial charge in [-0.1, -0.05) is 330 Å². The summed E-state index contributed by atoms with van der Waals surface area (Å²) in [6, 6.07) is 0. The summed E-state index contributed by atoms with van der Waals surface area (Å²) in [7, 11) is -9.90. The molecule has 17 nitrogen and oxygen atoms in total. The third kappa shape index (κ3) is 68.4. The molecule has 0 rings (SSSR count). The number of phosphoric acid groups is 2. The van der Waals surface area contributed by atoms with Crippen LogP contribution >= 0.6 is 15.6 Å². The van der Waals surface area contributed by atoms with Gasteiger partial charge in [0.2, 0.25) is 0 Å². The first-order valence-corrected chi connectivity index (χ1v) is 41.5. The van der Waals surface area contributed by atoms with Gasteiger partial charge in [0.05, 0.1) is 26.4 Å². The molecule has 0 aromatic carbocycles. The van der Waals surface area contributed by atoms with Crippen LogP contribution in [0.1, 0.15) is 382 Å². The minimum Gasteiger partial charge on any atom is -0.462 e. The van der Waals surface area contributed by atoms with Gasteiger partial charge in [-0.2, -0.15) is 0 Å². The predicted molar refractivity (Wildman–Crippen MR) is 377 cm³/mol. The Balaban J connectivity index is 5.21. The summed E-state index contributed by atoms with van der Waals surface area (Å²) in [5, 5.41) is 10.6. The van der Waals surface area contributed by atoms with E-state index in [0.717, 1.165) is 102 Å². The van der Waals surface area contributed by atoms with E-state index in [4.69, 9.17) is 37.0 Å². The average Bonchev–Trinajstić information content (AvgIpc) is 2.93. The highest BCUT2D eigenvalue weighted by Gasteiger charge is 2.30. The smallest absolute Gasteiger partial charge is 0.462 e. The molecule has 0 bridgehead atoms. The summed E-state index contributed by atoms with van der Waals surface area (Å²) in [5.41, 5.74) is 0. The van der Waals surface area contributed by atoms with Crippen molar-refractivity contribution in [3.05, 3.63) is 0 Å². The molecule has 3 N–H and O–H groups in total.